The van der Waals surface area contributed by atoms with Crippen molar-refractivity contribution in [3.63, 3.8) is 0 Å². The van der Waals surface area contributed by atoms with Crippen LogP contribution in [0, 0.1) is 0 Å². The lowest BCUT2D eigenvalue weighted by molar-refractivity contribution is 0.0937. The number of fused-ring (bicyclic) bond motifs is 1. The molecule has 6 nitrogen and oxygen atoms in total. The van der Waals surface area contributed by atoms with Crippen molar-refractivity contribution in [2.24, 2.45) is 0 Å². The van der Waals surface area contributed by atoms with Crippen molar-refractivity contribution >= 4 is 21.6 Å². The summed E-state index contributed by atoms with van der Waals surface area (Å²) in [7, 11) is -3.28. The third-order valence-corrected chi connectivity index (χ3v) is 6.62. The Morgan fingerprint density at radius 3 is 2.58 bits per heavy atom. The van der Waals surface area contributed by atoms with Crippen molar-refractivity contribution < 1.29 is 13.2 Å². The van der Waals surface area contributed by atoms with Crippen LogP contribution in [0.1, 0.15) is 48.5 Å². The molecule has 26 heavy (non-hydrogen) atoms. The number of hydrogen-bond donors (Lipinski definition) is 1. The van der Waals surface area contributed by atoms with Crippen LogP contribution in [0.2, 0.25) is 0 Å². The lowest BCUT2D eigenvalue weighted by atomic mass is 10.0. The molecule has 1 N–H and O–H groups in total. The molecule has 1 aromatic carbocycles. The van der Waals surface area contributed by atoms with Gasteiger partial charge < -0.3 is 5.32 Å². The summed E-state index contributed by atoms with van der Waals surface area (Å²) in [5.74, 6) is -0.0815. The van der Waals surface area contributed by atoms with Crippen molar-refractivity contribution in [3.8, 4) is 0 Å². The lowest BCUT2D eigenvalue weighted by Gasteiger charge is -2.29. The molecule has 1 unspecified atom stereocenters. The van der Waals surface area contributed by atoms with E-state index in [1.54, 1.807) is 12.1 Å². The van der Waals surface area contributed by atoms with Gasteiger partial charge in [0.2, 0.25) is 10.0 Å². The number of rotatable bonds is 6. The van der Waals surface area contributed by atoms with Crippen LogP contribution in [0.15, 0.2) is 18.2 Å². The summed E-state index contributed by atoms with van der Waals surface area (Å²) in [5, 5.41) is 3.06. The average Bonchev–Trinajstić information content (AvgIpc) is 3.14. The monoisotopic (exact) mass is 379 g/mol. The number of amides is 1. The van der Waals surface area contributed by atoms with Crippen molar-refractivity contribution in [3.05, 3.63) is 29.3 Å². The van der Waals surface area contributed by atoms with Gasteiger partial charge in [0.1, 0.15) is 0 Å². The molecule has 0 spiro atoms. The van der Waals surface area contributed by atoms with Crippen LogP contribution in [-0.4, -0.2) is 57.7 Å². The quantitative estimate of drug-likeness (QED) is 0.821. The predicted octanol–water partition coefficient (Wildman–Crippen LogP) is 2.00. The second-order valence-electron chi connectivity index (χ2n) is 7.30. The highest BCUT2D eigenvalue weighted by Gasteiger charge is 2.25. The van der Waals surface area contributed by atoms with E-state index in [1.807, 2.05) is 6.07 Å². The van der Waals surface area contributed by atoms with Gasteiger partial charge in [0.25, 0.3) is 5.91 Å². The van der Waals surface area contributed by atoms with Gasteiger partial charge in [0.15, 0.2) is 0 Å². The van der Waals surface area contributed by atoms with Gasteiger partial charge in [-0.25, -0.2) is 8.42 Å². The molecule has 7 heteroatoms. The van der Waals surface area contributed by atoms with Crippen LogP contribution in [-0.2, 0) is 16.4 Å². The second-order valence-corrected chi connectivity index (χ2v) is 9.20. The molecule has 1 amide bonds. The number of sulfonamides is 1. The molecule has 3 rings (SSSR count). The van der Waals surface area contributed by atoms with Gasteiger partial charge >= 0.3 is 0 Å². The number of carbonyl (C=O) groups excluding carboxylic acids is 1. The Hall–Kier alpha value is -1.60. The number of nitrogens with one attached hydrogen (secondary N) is 1. The first-order valence-corrected chi connectivity index (χ1v) is 11.4. The first kappa shape index (κ1) is 19.2. The fourth-order valence-corrected chi connectivity index (χ4v) is 5.00. The molecule has 0 bridgehead atoms. The molecule has 0 saturated carbocycles. The molecule has 1 fully saturated rings. The van der Waals surface area contributed by atoms with Crippen LogP contribution in [0.25, 0.3) is 0 Å². The van der Waals surface area contributed by atoms with Gasteiger partial charge in [-0.05, 0) is 69.0 Å². The first-order chi connectivity index (χ1) is 12.4. The second kappa shape index (κ2) is 7.96. The summed E-state index contributed by atoms with van der Waals surface area (Å²) in [6.45, 7) is 5.56. The minimum absolute atomic E-state index is 0.0815. The predicted molar refractivity (Wildman–Crippen MR) is 104 cm³/mol. The standard InChI is InChI=1S/C19H29N3O3S/c1-3-17(21-10-4-5-11-21)14-20-19(23)16-8-9-18-15(13-16)7-6-12-22(18)26(2,24)25/h8-9,13,17H,3-7,10-12,14H2,1-2H3,(H,20,23). The number of anilines is 1. The van der Waals surface area contributed by atoms with Gasteiger partial charge in [-0.1, -0.05) is 6.92 Å². The van der Waals surface area contributed by atoms with E-state index in [0.29, 0.717) is 30.4 Å². The van der Waals surface area contributed by atoms with E-state index in [1.165, 1.54) is 23.4 Å². The zero-order valence-electron chi connectivity index (χ0n) is 15.7. The Bertz CT molecular complexity index is 757. The normalized spacial score (nSPS) is 19.2. The molecule has 2 aliphatic rings. The molecular formula is C19H29N3O3S. The topological polar surface area (TPSA) is 69.7 Å². The van der Waals surface area contributed by atoms with E-state index in [4.69, 9.17) is 0 Å². The SMILES string of the molecule is CCC(CNC(=O)c1ccc2c(c1)CCCN2S(C)(=O)=O)N1CCCC1. The summed E-state index contributed by atoms with van der Waals surface area (Å²) in [6, 6.07) is 5.73. The Kier molecular flexibility index (Phi) is 5.87. The summed E-state index contributed by atoms with van der Waals surface area (Å²) in [4.78, 5) is 15.0. The van der Waals surface area contributed by atoms with Crippen LogP contribution in [0.3, 0.4) is 0 Å². The molecule has 0 aromatic heterocycles. The summed E-state index contributed by atoms with van der Waals surface area (Å²) < 4.78 is 25.3. The summed E-state index contributed by atoms with van der Waals surface area (Å²) in [5.41, 5.74) is 2.25. The molecule has 144 valence electrons. The van der Waals surface area contributed by atoms with Crippen molar-refractivity contribution in [2.75, 3.05) is 36.7 Å². The maximum atomic E-state index is 12.6. The number of likely N-dealkylation sites (tertiary alicyclic amines) is 1. The third kappa shape index (κ3) is 4.20. The maximum Gasteiger partial charge on any atom is 0.251 e. The maximum absolute atomic E-state index is 12.6. The van der Waals surface area contributed by atoms with Gasteiger partial charge in [-0.2, -0.15) is 0 Å². The summed E-state index contributed by atoms with van der Waals surface area (Å²) in [6.07, 6.45) is 6.31. The molecule has 1 aromatic rings. The van der Waals surface area contributed by atoms with Crippen molar-refractivity contribution in [2.45, 2.75) is 45.1 Å². The molecule has 0 radical (unpaired) electrons. The number of benzene rings is 1. The van der Waals surface area contributed by atoms with E-state index in [-0.39, 0.29) is 5.91 Å². The van der Waals surface area contributed by atoms with Gasteiger partial charge in [-0.15, -0.1) is 0 Å². The molecule has 2 heterocycles. The first-order valence-electron chi connectivity index (χ1n) is 9.53. The Morgan fingerprint density at radius 1 is 1.19 bits per heavy atom. The average molecular weight is 380 g/mol. The fraction of sp³-hybridized carbons (Fsp3) is 0.632. The van der Waals surface area contributed by atoms with E-state index in [2.05, 4.69) is 17.1 Å². The Labute approximate surface area is 156 Å². The Morgan fingerprint density at radius 2 is 1.92 bits per heavy atom. The van der Waals surface area contributed by atoms with E-state index in [0.717, 1.165) is 37.9 Å². The van der Waals surface area contributed by atoms with Crippen LogP contribution in [0.4, 0.5) is 5.69 Å². The highest BCUT2D eigenvalue weighted by Crippen LogP contribution is 2.29. The fourth-order valence-electron chi connectivity index (χ4n) is 4.00. The van der Waals surface area contributed by atoms with Gasteiger partial charge in [0.05, 0.1) is 11.9 Å². The number of aryl methyl sites for hydroxylation is 1. The van der Waals surface area contributed by atoms with Crippen LogP contribution in [0.5, 0.6) is 0 Å². The number of carbonyl (C=O) groups is 1. The van der Waals surface area contributed by atoms with Crippen LogP contribution >= 0.6 is 0 Å². The molecule has 1 atom stereocenters. The molecular weight excluding hydrogens is 350 g/mol. The van der Waals surface area contributed by atoms with E-state index >= 15 is 0 Å². The van der Waals surface area contributed by atoms with Crippen LogP contribution < -0.4 is 9.62 Å². The molecule has 1 saturated heterocycles. The summed E-state index contributed by atoms with van der Waals surface area (Å²) >= 11 is 0. The highest BCUT2D eigenvalue weighted by atomic mass is 32.2. The lowest BCUT2D eigenvalue weighted by Crippen LogP contribution is -2.42. The minimum Gasteiger partial charge on any atom is -0.350 e. The third-order valence-electron chi connectivity index (χ3n) is 5.44. The Balaban J connectivity index is 1.68. The van der Waals surface area contributed by atoms with Gasteiger partial charge in [0, 0.05) is 24.7 Å². The van der Waals surface area contributed by atoms with Gasteiger partial charge in [-0.3, -0.25) is 14.0 Å². The van der Waals surface area contributed by atoms with Crippen molar-refractivity contribution in [1.29, 1.82) is 0 Å². The van der Waals surface area contributed by atoms with Crippen molar-refractivity contribution in [1.82, 2.24) is 10.2 Å². The molecule has 0 aliphatic carbocycles. The van der Waals surface area contributed by atoms with E-state index in [9.17, 15) is 13.2 Å². The van der Waals surface area contributed by atoms with E-state index < -0.39 is 10.0 Å². The zero-order valence-corrected chi connectivity index (χ0v) is 16.5. The highest BCUT2D eigenvalue weighted by molar-refractivity contribution is 7.92. The molecule has 2 aliphatic heterocycles. The zero-order chi connectivity index (χ0) is 18.7. The number of hydrogen-bond acceptors (Lipinski definition) is 4. The number of nitrogens with zero attached hydrogens (tertiary/aromatic N) is 2. The minimum atomic E-state index is -3.28. The largest absolute Gasteiger partial charge is 0.350 e. The smallest absolute Gasteiger partial charge is 0.251 e.